The molecule has 1 aromatic heterocycles. The maximum absolute atomic E-state index is 10.6. The second-order valence-corrected chi connectivity index (χ2v) is 4.50. The summed E-state index contributed by atoms with van der Waals surface area (Å²) >= 11 is 5.69. The normalized spacial score (nSPS) is 13.4. The molecule has 1 heterocycles. The second-order valence-electron chi connectivity index (χ2n) is 4.11. The Morgan fingerprint density at radius 1 is 1.61 bits per heavy atom. The first kappa shape index (κ1) is 14.6. The van der Waals surface area contributed by atoms with Crippen molar-refractivity contribution < 1.29 is 4.92 Å². The molecule has 0 aliphatic rings. The van der Waals surface area contributed by atoms with Crippen LogP contribution in [0.5, 0.6) is 0 Å². The third-order valence-electron chi connectivity index (χ3n) is 2.50. The van der Waals surface area contributed by atoms with E-state index in [0.29, 0.717) is 17.3 Å². The molecule has 0 aliphatic carbocycles. The SMILES string of the molecule is CCC(C)N=C(Cc1ccc(Cl)nc1)C[N+](=O)[O-]. The number of nitro groups is 1. The third kappa shape index (κ3) is 5.23. The molecular weight excluding hydrogens is 254 g/mol. The number of aromatic nitrogens is 1. The Bertz CT molecular complexity index is 431. The molecular formula is C12H16ClN3O2. The highest BCUT2D eigenvalue weighted by atomic mass is 35.5. The van der Waals surface area contributed by atoms with Gasteiger partial charge in [-0.2, -0.15) is 0 Å². The van der Waals surface area contributed by atoms with E-state index in [4.69, 9.17) is 11.6 Å². The minimum absolute atomic E-state index is 0.0974. The molecule has 1 unspecified atom stereocenters. The van der Waals surface area contributed by atoms with E-state index in [2.05, 4.69) is 9.98 Å². The third-order valence-corrected chi connectivity index (χ3v) is 2.73. The molecule has 5 nitrogen and oxygen atoms in total. The largest absolute Gasteiger partial charge is 0.284 e. The van der Waals surface area contributed by atoms with Gasteiger partial charge in [0.05, 0.1) is 5.71 Å². The van der Waals surface area contributed by atoms with E-state index >= 15 is 0 Å². The predicted molar refractivity (Wildman–Crippen MR) is 72.0 cm³/mol. The molecule has 18 heavy (non-hydrogen) atoms. The highest BCUT2D eigenvalue weighted by Crippen LogP contribution is 2.08. The van der Waals surface area contributed by atoms with Crippen molar-refractivity contribution in [1.29, 1.82) is 0 Å². The van der Waals surface area contributed by atoms with Crippen LogP contribution in [0.4, 0.5) is 0 Å². The van der Waals surface area contributed by atoms with E-state index in [-0.39, 0.29) is 17.5 Å². The van der Waals surface area contributed by atoms with Gasteiger partial charge in [0.15, 0.2) is 0 Å². The fraction of sp³-hybridized carbons (Fsp3) is 0.500. The van der Waals surface area contributed by atoms with E-state index in [0.717, 1.165) is 12.0 Å². The summed E-state index contributed by atoms with van der Waals surface area (Å²) < 4.78 is 0. The summed E-state index contributed by atoms with van der Waals surface area (Å²) in [5.74, 6) is 0. The first-order chi connectivity index (χ1) is 8.51. The van der Waals surface area contributed by atoms with Crippen LogP contribution in [0.3, 0.4) is 0 Å². The summed E-state index contributed by atoms with van der Waals surface area (Å²) in [6.07, 6.45) is 2.92. The number of hydrogen-bond acceptors (Lipinski definition) is 4. The lowest BCUT2D eigenvalue weighted by atomic mass is 10.1. The Hall–Kier alpha value is -1.49. The fourth-order valence-electron chi connectivity index (χ4n) is 1.44. The predicted octanol–water partition coefficient (Wildman–Crippen LogP) is 2.79. The maximum Gasteiger partial charge on any atom is 0.241 e. The van der Waals surface area contributed by atoms with Gasteiger partial charge in [0, 0.05) is 23.6 Å². The monoisotopic (exact) mass is 269 g/mol. The van der Waals surface area contributed by atoms with Crippen LogP contribution >= 0.6 is 11.6 Å². The molecule has 6 heteroatoms. The maximum atomic E-state index is 10.6. The van der Waals surface area contributed by atoms with Crippen LogP contribution in [-0.4, -0.2) is 28.2 Å². The van der Waals surface area contributed by atoms with E-state index in [1.165, 1.54) is 0 Å². The highest BCUT2D eigenvalue weighted by molar-refractivity contribution is 6.29. The molecule has 0 amide bonds. The molecule has 0 aromatic carbocycles. The van der Waals surface area contributed by atoms with Crippen molar-refractivity contribution >= 4 is 17.3 Å². The summed E-state index contributed by atoms with van der Waals surface area (Å²) in [4.78, 5) is 18.6. The Kier molecular flexibility index (Phi) is 5.71. The molecule has 1 rings (SSSR count). The average Bonchev–Trinajstić information content (AvgIpc) is 2.31. The van der Waals surface area contributed by atoms with Gasteiger partial charge in [-0.3, -0.25) is 15.1 Å². The van der Waals surface area contributed by atoms with Gasteiger partial charge in [0.25, 0.3) is 0 Å². The number of nitrogens with zero attached hydrogens (tertiary/aromatic N) is 3. The first-order valence-corrected chi connectivity index (χ1v) is 6.16. The molecule has 1 atom stereocenters. The number of hydrogen-bond donors (Lipinski definition) is 0. The zero-order valence-electron chi connectivity index (χ0n) is 10.5. The molecule has 0 fully saturated rings. The van der Waals surface area contributed by atoms with Crippen LogP contribution in [0.25, 0.3) is 0 Å². The van der Waals surface area contributed by atoms with E-state index in [1.807, 2.05) is 13.8 Å². The van der Waals surface area contributed by atoms with Gasteiger partial charge < -0.3 is 0 Å². The number of pyridine rings is 1. The van der Waals surface area contributed by atoms with Crippen molar-refractivity contribution in [2.45, 2.75) is 32.7 Å². The molecule has 1 aromatic rings. The molecule has 0 saturated heterocycles. The van der Waals surface area contributed by atoms with Crippen molar-refractivity contribution in [3.8, 4) is 0 Å². The van der Waals surface area contributed by atoms with Crippen molar-refractivity contribution in [2.75, 3.05) is 6.54 Å². The van der Waals surface area contributed by atoms with Crippen molar-refractivity contribution in [3.63, 3.8) is 0 Å². The summed E-state index contributed by atoms with van der Waals surface area (Å²) in [5, 5.41) is 11.0. The highest BCUT2D eigenvalue weighted by Gasteiger charge is 2.10. The van der Waals surface area contributed by atoms with Crippen molar-refractivity contribution in [3.05, 3.63) is 39.2 Å². The van der Waals surface area contributed by atoms with Crippen LogP contribution < -0.4 is 0 Å². The molecule has 0 spiro atoms. The lowest BCUT2D eigenvalue weighted by Crippen LogP contribution is -2.18. The van der Waals surface area contributed by atoms with Gasteiger partial charge in [0.2, 0.25) is 6.54 Å². The van der Waals surface area contributed by atoms with Gasteiger partial charge in [-0.1, -0.05) is 24.6 Å². The van der Waals surface area contributed by atoms with E-state index in [9.17, 15) is 10.1 Å². The number of halogens is 1. The Labute approximate surface area is 111 Å². The summed E-state index contributed by atoms with van der Waals surface area (Å²) in [5.41, 5.74) is 1.45. The van der Waals surface area contributed by atoms with Gasteiger partial charge in [-0.15, -0.1) is 0 Å². The second kappa shape index (κ2) is 7.06. The molecule has 0 aliphatic heterocycles. The number of aliphatic imine (C=N–C) groups is 1. The molecule has 0 saturated carbocycles. The quantitative estimate of drug-likeness (QED) is 0.345. The van der Waals surface area contributed by atoms with Crippen LogP contribution in [0.2, 0.25) is 5.15 Å². The minimum Gasteiger partial charge on any atom is -0.284 e. The van der Waals surface area contributed by atoms with Crippen LogP contribution in [0, 0.1) is 10.1 Å². The minimum atomic E-state index is -0.357. The van der Waals surface area contributed by atoms with Crippen molar-refractivity contribution in [2.24, 2.45) is 4.99 Å². The lowest BCUT2D eigenvalue weighted by molar-refractivity contribution is -0.463. The Morgan fingerprint density at radius 3 is 2.83 bits per heavy atom. The van der Waals surface area contributed by atoms with Crippen LogP contribution in [-0.2, 0) is 6.42 Å². The standard InChI is InChI=1S/C12H16ClN3O2/c1-3-9(2)15-11(8-16(17)18)6-10-4-5-12(13)14-7-10/h4-5,7,9H,3,6,8H2,1-2H3. The average molecular weight is 270 g/mol. The number of rotatable bonds is 6. The van der Waals surface area contributed by atoms with Crippen LogP contribution in [0.1, 0.15) is 25.8 Å². The Morgan fingerprint density at radius 2 is 2.33 bits per heavy atom. The summed E-state index contributed by atoms with van der Waals surface area (Å²) in [6.45, 7) is 3.72. The van der Waals surface area contributed by atoms with Gasteiger partial charge in [-0.25, -0.2) is 4.98 Å². The topological polar surface area (TPSA) is 68.4 Å². The molecule has 0 radical (unpaired) electrons. The fourth-order valence-corrected chi connectivity index (χ4v) is 1.55. The summed E-state index contributed by atoms with van der Waals surface area (Å²) in [6, 6.07) is 3.57. The van der Waals surface area contributed by atoms with E-state index in [1.54, 1.807) is 18.3 Å². The molecule has 0 bridgehead atoms. The molecule has 98 valence electrons. The lowest BCUT2D eigenvalue weighted by Gasteiger charge is -2.07. The van der Waals surface area contributed by atoms with E-state index < -0.39 is 0 Å². The zero-order valence-corrected chi connectivity index (χ0v) is 11.2. The summed E-state index contributed by atoms with van der Waals surface area (Å²) in [7, 11) is 0. The smallest absolute Gasteiger partial charge is 0.241 e. The Balaban J connectivity index is 2.80. The van der Waals surface area contributed by atoms with Crippen molar-refractivity contribution in [1.82, 2.24) is 4.98 Å². The van der Waals surface area contributed by atoms with Gasteiger partial charge >= 0.3 is 0 Å². The van der Waals surface area contributed by atoms with Gasteiger partial charge in [-0.05, 0) is 25.0 Å². The first-order valence-electron chi connectivity index (χ1n) is 5.79. The van der Waals surface area contributed by atoms with Crippen LogP contribution in [0.15, 0.2) is 23.3 Å². The van der Waals surface area contributed by atoms with Gasteiger partial charge in [0.1, 0.15) is 5.15 Å². The zero-order chi connectivity index (χ0) is 13.5. The molecule has 0 N–H and O–H groups in total.